The van der Waals surface area contributed by atoms with Gasteiger partial charge in [0.15, 0.2) is 5.16 Å². The Hall–Kier alpha value is -2.13. The van der Waals surface area contributed by atoms with Gasteiger partial charge in [-0.1, -0.05) is 0 Å². The number of aryl methyl sites for hydroxylation is 2. The van der Waals surface area contributed by atoms with Crippen LogP contribution >= 0.6 is 11.8 Å². The molecule has 0 spiro atoms. The Kier molecular flexibility index (Phi) is 3.44. The van der Waals surface area contributed by atoms with Crippen molar-refractivity contribution in [2.75, 3.05) is 0 Å². The summed E-state index contributed by atoms with van der Waals surface area (Å²) >= 11 is 1.23. The van der Waals surface area contributed by atoms with Crippen LogP contribution in [0.3, 0.4) is 0 Å². The van der Waals surface area contributed by atoms with Gasteiger partial charge in [-0.15, -0.1) is 0 Å². The van der Waals surface area contributed by atoms with Crippen LogP contribution in [0.4, 0.5) is 0 Å². The second-order valence-electron chi connectivity index (χ2n) is 3.74. The van der Waals surface area contributed by atoms with Crippen molar-refractivity contribution in [3.63, 3.8) is 0 Å². The third-order valence-electron chi connectivity index (χ3n) is 2.11. The highest BCUT2D eigenvalue weighted by Gasteiger charge is 2.05. The second kappa shape index (κ2) is 5.02. The summed E-state index contributed by atoms with van der Waals surface area (Å²) in [5.41, 5.74) is 1.75. The molecule has 0 fully saturated rings. The molecular weight excluding hydrogens is 248 g/mol. The molecule has 0 aromatic carbocycles. The highest BCUT2D eigenvalue weighted by atomic mass is 32.2. The van der Waals surface area contributed by atoms with Gasteiger partial charge in [0.05, 0.1) is 11.6 Å². The third kappa shape index (κ3) is 2.96. The molecule has 0 radical (unpaired) electrons. The van der Waals surface area contributed by atoms with E-state index in [9.17, 15) is 4.79 Å². The molecule has 0 saturated heterocycles. The standard InChI is InChI=1S/C12H10N4OS/c1-7-3-9(6-13)5-11(14-7)18-12-15-8(2)4-10(17)16-12/h3-5H,1-2H3,(H,15,16,17). The molecule has 0 bridgehead atoms. The molecule has 0 unspecified atom stereocenters. The normalized spacial score (nSPS) is 10.1. The first-order chi connectivity index (χ1) is 8.56. The quantitative estimate of drug-likeness (QED) is 0.830. The van der Waals surface area contributed by atoms with Gasteiger partial charge >= 0.3 is 0 Å². The minimum Gasteiger partial charge on any atom is -0.301 e. The lowest BCUT2D eigenvalue weighted by atomic mass is 10.2. The van der Waals surface area contributed by atoms with Gasteiger partial charge in [0.2, 0.25) is 0 Å². The number of aromatic amines is 1. The van der Waals surface area contributed by atoms with Crippen molar-refractivity contribution in [2.24, 2.45) is 0 Å². The van der Waals surface area contributed by atoms with Crippen LogP contribution in [0, 0.1) is 25.2 Å². The predicted octanol–water partition coefficient (Wildman–Crippen LogP) is 1.80. The Bertz CT molecular complexity index is 687. The topological polar surface area (TPSA) is 82.4 Å². The number of nitrogens with zero attached hydrogens (tertiary/aromatic N) is 3. The first kappa shape index (κ1) is 12.3. The van der Waals surface area contributed by atoms with Gasteiger partial charge in [-0.05, 0) is 37.7 Å². The molecule has 0 aliphatic rings. The zero-order chi connectivity index (χ0) is 13.1. The lowest BCUT2D eigenvalue weighted by Crippen LogP contribution is -2.08. The van der Waals surface area contributed by atoms with E-state index in [0.29, 0.717) is 21.4 Å². The highest BCUT2D eigenvalue weighted by molar-refractivity contribution is 7.99. The van der Waals surface area contributed by atoms with Crippen molar-refractivity contribution in [3.05, 3.63) is 45.5 Å². The zero-order valence-electron chi connectivity index (χ0n) is 9.89. The fourth-order valence-corrected chi connectivity index (χ4v) is 2.37. The molecule has 0 aliphatic heterocycles. The van der Waals surface area contributed by atoms with Crippen LogP contribution in [0.2, 0.25) is 0 Å². The van der Waals surface area contributed by atoms with E-state index in [1.165, 1.54) is 17.8 Å². The molecule has 2 heterocycles. The van der Waals surface area contributed by atoms with Gasteiger partial charge in [-0.2, -0.15) is 5.26 Å². The van der Waals surface area contributed by atoms with Gasteiger partial charge in [0, 0.05) is 17.5 Å². The fraction of sp³-hybridized carbons (Fsp3) is 0.167. The van der Waals surface area contributed by atoms with Gasteiger partial charge in [-0.3, -0.25) is 4.79 Å². The molecule has 6 heteroatoms. The number of hydrogen-bond acceptors (Lipinski definition) is 5. The van der Waals surface area contributed by atoms with Crippen molar-refractivity contribution >= 4 is 11.8 Å². The summed E-state index contributed by atoms with van der Waals surface area (Å²) in [6.07, 6.45) is 0. The van der Waals surface area contributed by atoms with E-state index in [0.717, 1.165) is 5.69 Å². The molecule has 90 valence electrons. The maximum Gasteiger partial charge on any atom is 0.251 e. The molecule has 0 atom stereocenters. The molecule has 0 amide bonds. The van der Waals surface area contributed by atoms with Gasteiger partial charge in [0.25, 0.3) is 5.56 Å². The van der Waals surface area contributed by atoms with E-state index < -0.39 is 0 Å². The molecule has 2 aromatic heterocycles. The molecular formula is C12H10N4OS. The van der Waals surface area contributed by atoms with E-state index in [1.54, 1.807) is 19.1 Å². The first-order valence-electron chi connectivity index (χ1n) is 5.21. The number of hydrogen-bond donors (Lipinski definition) is 1. The molecule has 1 N–H and O–H groups in total. The van der Waals surface area contributed by atoms with Crippen LogP contribution in [-0.4, -0.2) is 15.0 Å². The summed E-state index contributed by atoms with van der Waals surface area (Å²) < 4.78 is 0. The number of nitrogens with one attached hydrogen (secondary N) is 1. The summed E-state index contributed by atoms with van der Waals surface area (Å²) in [7, 11) is 0. The van der Waals surface area contributed by atoms with Crippen molar-refractivity contribution < 1.29 is 0 Å². The molecule has 2 aromatic rings. The number of rotatable bonds is 2. The summed E-state index contributed by atoms with van der Waals surface area (Å²) in [4.78, 5) is 22.4. The molecule has 0 saturated carbocycles. The number of aromatic nitrogens is 3. The fourth-order valence-electron chi connectivity index (χ4n) is 1.45. The highest BCUT2D eigenvalue weighted by Crippen LogP contribution is 2.23. The summed E-state index contributed by atoms with van der Waals surface area (Å²) in [6.45, 7) is 3.57. The van der Waals surface area contributed by atoms with Crippen molar-refractivity contribution in [1.82, 2.24) is 15.0 Å². The first-order valence-corrected chi connectivity index (χ1v) is 6.03. The van der Waals surface area contributed by atoms with E-state index >= 15 is 0 Å². The van der Waals surface area contributed by atoms with Crippen LogP contribution in [0.15, 0.2) is 33.2 Å². The number of pyridine rings is 1. The zero-order valence-corrected chi connectivity index (χ0v) is 10.7. The largest absolute Gasteiger partial charge is 0.301 e. The lowest BCUT2D eigenvalue weighted by molar-refractivity contribution is 0.900. The molecule has 2 rings (SSSR count). The SMILES string of the molecule is Cc1cc(C#N)cc(Sc2nc(C)cc(=O)[nH]2)n1. The Balaban J connectivity index is 2.37. The summed E-state index contributed by atoms with van der Waals surface area (Å²) in [5.74, 6) is 0. The lowest BCUT2D eigenvalue weighted by Gasteiger charge is -2.02. The Labute approximate surface area is 108 Å². The smallest absolute Gasteiger partial charge is 0.251 e. The third-order valence-corrected chi connectivity index (χ3v) is 2.91. The van der Waals surface area contributed by atoms with E-state index in [1.807, 2.05) is 6.92 Å². The van der Waals surface area contributed by atoms with Crippen LogP contribution in [0.5, 0.6) is 0 Å². The Morgan fingerprint density at radius 1 is 1.22 bits per heavy atom. The second-order valence-corrected chi connectivity index (χ2v) is 4.75. The predicted molar refractivity (Wildman–Crippen MR) is 67.4 cm³/mol. The molecule has 0 aliphatic carbocycles. The van der Waals surface area contributed by atoms with Crippen LogP contribution in [0.1, 0.15) is 17.0 Å². The van der Waals surface area contributed by atoms with Crippen molar-refractivity contribution in [3.8, 4) is 6.07 Å². The van der Waals surface area contributed by atoms with Crippen LogP contribution < -0.4 is 5.56 Å². The van der Waals surface area contributed by atoms with E-state index in [2.05, 4.69) is 21.0 Å². The maximum atomic E-state index is 11.3. The number of H-pyrrole nitrogens is 1. The average Bonchev–Trinajstić information content (AvgIpc) is 2.26. The van der Waals surface area contributed by atoms with Crippen molar-refractivity contribution in [1.29, 1.82) is 5.26 Å². The van der Waals surface area contributed by atoms with E-state index in [-0.39, 0.29) is 5.56 Å². The van der Waals surface area contributed by atoms with Crippen molar-refractivity contribution in [2.45, 2.75) is 24.0 Å². The monoisotopic (exact) mass is 258 g/mol. The van der Waals surface area contributed by atoms with Crippen LogP contribution in [-0.2, 0) is 0 Å². The van der Waals surface area contributed by atoms with Crippen LogP contribution in [0.25, 0.3) is 0 Å². The Morgan fingerprint density at radius 3 is 2.61 bits per heavy atom. The average molecular weight is 258 g/mol. The molecule has 5 nitrogen and oxygen atoms in total. The maximum absolute atomic E-state index is 11.3. The summed E-state index contributed by atoms with van der Waals surface area (Å²) in [5, 5.41) is 9.99. The minimum atomic E-state index is -0.196. The van der Waals surface area contributed by atoms with Gasteiger partial charge < -0.3 is 4.98 Å². The Morgan fingerprint density at radius 2 is 1.94 bits per heavy atom. The minimum absolute atomic E-state index is 0.196. The van der Waals surface area contributed by atoms with E-state index in [4.69, 9.17) is 5.26 Å². The summed E-state index contributed by atoms with van der Waals surface area (Å²) in [6, 6.07) is 6.87. The van der Waals surface area contributed by atoms with Gasteiger partial charge in [0.1, 0.15) is 5.03 Å². The van der Waals surface area contributed by atoms with Gasteiger partial charge in [-0.25, -0.2) is 9.97 Å². The molecule has 18 heavy (non-hydrogen) atoms. The number of nitriles is 1.